The van der Waals surface area contributed by atoms with Crippen LogP contribution in [0.2, 0.25) is 0 Å². The van der Waals surface area contributed by atoms with Crippen LogP contribution in [0.3, 0.4) is 0 Å². The zero-order valence-corrected chi connectivity index (χ0v) is 27.1. The van der Waals surface area contributed by atoms with E-state index in [2.05, 4.69) is 35.0 Å². The lowest BCUT2D eigenvalue weighted by Crippen LogP contribution is -3.00. The van der Waals surface area contributed by atoms with Crippen molar-refractivity contribution < 1.29 is 26.4 Å². The Bertz CT molecular complexity index is 414. The third kappa shape index (κ3) is 34.1. The Labute approximate surface area is 241 Å². The van der Waals surface area contributed by atoms with E-state index in [0.717, 1.165) is 24.3 Å². The van der Waals surface area contributed by atoms with E-state index >= 15 is 0 Å². The molecule has 1 unspecified atom stereocenters. The summed E-state index contributed by atoms with van der Waals surface area (Å²) in [5.74, 6) is 0. The first-order chi connectivity index (χ1) is 17.5. The van der Waals surface area contributed by atoms with Gasteiger partial charge in [-0.05, 0) is 32.1 Å². The van der Waals surface area contributed by atoms with Crippen molar-refractivity contribution in [3.05, 3.63) is 0 Å². The summed E-state index contributed by atoms with van der Waals surface area (Å²) < 4.78 is 13.5. The van der Waals surface area contributed by atoms with Gasteiger partial charge in [0.2, 0.25) is 0 Å². The number of quaternary nitrogens is 1. The molecule has 0 aliphatic rings. The highest BCUT2D eigenvalue weighted by Crippen LogP contribution is 2.14. The molecule has 0 saturated carbocycles. The fourth-order valence-electron chi connectivity index (χ4n) is 4.92. The lowest BCUT2D eigenvalue weighted by molar-refractivity contribution is -0.870. The van der Waals surface area contributed by atoms with Crippen LogP contribution in [0.25, 0.3) is 0 Å². The molecule has 0 aromatic rings. The van der Waals surface area contributed by atoms with Crippen LogP contribution in [0.15, 0.2) is 0 Å². The zero-order chi connectivity index (χ0) is 26.6. The molecular weight excluding hydrogens is 478 g/mol. The first-order valence-electron chi connectivity index (χ1n) is 16.5. The van der Waals surface area contributed by atoms with Gasteiger partial charge < -0.3 is 26.4 Å². The quantitative estimate of drug-likeness (QED) is 0.0704. The van der Waals surface area contributed by atoms with Crippen molar-refractivity contribution in [3.63, 3.8) is 0 Å². The first-order valence-corrected chi connectivity index (χ1v) is 16.5. The summed E-state index contributed by atoms with van der Waals surface area (Å²) in [5, 5.41) is 0. The standard InChI is InChI=1S/C33H70NO2.ClH/c1-6-8-10-12-14-18-22-26-30-35-32-33(36-31-27-23-19-15-13-11-9-7-2)28-24-20-16-17-21-25-29-34(3,4)5;/h33H,6-32H2,1-5H3;1H/q+1;/p-1. The van der Waals surface area contributed by atoms with Gasteiger partial charge in [0.15, 0.2) is 0 Å². The Hall–Kier alpha value is 0.170. The normalized spacial score (nSPS) is 12.6. The van der Waals surface area contributed by atoms with Crippen LogP contribution in [0.4, 0.5) is 0 Å². The monoisotopic (exact) mass is 548 g/mol. The summed E-state index contributed by atoms with van der Waals surface area (Å²) in [6.45, 7) is 8.52. The van der Waals surface area contributed by atoms with E-state index in [-0.39, 0.29) is 12.4 Å². The molecule has 4 heteroatoms. The maximum absolute atomic E-state index is 6.33. The molecule has 0 heterocycles. The van der Waals surface area contributed by atoms with Gasteiger partial charge in [0.05, 0.1) is 40.4 Å². The van der Waals surface area contributed by atoms with Crippen LogP contribution >= 0.6 is 0 Å². The molecule has 0 N–H and O–H groups in total. The van der Waals surface area contributed by atoms with Crippen molar-refractivity contribution in [3.8, 4) is 0 Å². The highest BCUT2D eigenvalue weighted by atomic mass is 35.5. The number of hydrogen-bond acceptors (Lipinski definition) is 2. The molecule has 37 heavy (non-hydrogen) atoms. The Morgan fingerprint density at radius 3 is 1.38 bits per heavy atom. The van der Waals surface area contributed by atoms with Gasteiger partial charge in [0, 0.05) is 13.2 Å². The summed E-state index contributed by atoms with van der Waals surface area (Å²) in [4.78, 5) is 0. The predicted octanol–water partition coefficient (Wildman–Crippen LogP) is 7.11. The maximum atomic E-state index is 6.33. The fraction of sp³-hybridized carbons (Fsp3) is 1.00. The molecule has 0 amide bonds. The third-order valence-electron chi connectivity index (χ3n) is 7.40. The minimum Gasteiger partial charge on any atom is -1.00 e. The third-order valence-corrected chi connectivity index (χ3v) is 7.40. The molecule has 226 valence electrons. The van der Waals surface area contributed by atoms with Crippen molar-refractivity contribution in [2.24, 2.45) is 0 Å². The van der Waals surface area contributed by atoms with E-state index in [0.29, 0.717) is 6.10 Å². The Morgan fingerprint density at radius 1 is 0.486 bits per heavy atom. The van der Waals surface area contributed by atoms with Crippen LogP contribution < -0.4 is 12.4 Å². The van der Waals surface area contributed by atoms with Crippen LogP contribution in [0.5, 0.6) is 0 Å². The number of ether oxygens (including phenoxy) is 2. The SMILES string of the molecule is CCCCCCCCCCOCC(CCCCCCCC[N+](C)(C)C)OCCCCCCCCCC.[Cl-]. The molecule has 0 aliphatic heterocycles. The second kappa shape index (κ2) is 30.7. The van der Waals surface area contributed by atoms with Crippen LogP contribution in [-0.4, -0.2) is 58.1 Å². The van der Waals surface area contributed by atoms with Gasteiger partial charge in [-0.3, -0.25) is 0 Å². The second-order valence-electron chi connectivity index (χ2n) is 12.4. The molecule has 3 nitrogen and oxygen atoms in total. The van der Waals surface area contributed by atoms with E-state index in [1.165, 1.54) is 154 Å². The highest BCUT2D eigenvalue weighted by molar-refractivity contribution is 4.59. The Kier molecular flexibility index (Phi) is 32.6. The van der Waals surface area contributed by atoms with Gasteiger partial charge >= 0.3 is 0 Å². The lowest BCUT2D eigenvalue weighted by Gasteiger charge is -2.23. The average Bonchev–Trinajstić information content (AvgIpc) is 2.84. The van der Waals surface area contributed by atoms with Gasteiger partial charge in [0.1, 0.15) is 0 Å². The molecule has 0 saturated heterocycles. The molecule has 0 aliphatic carbocycles. The van der Waals surface area contributed by atoms with E-state index in [1.807, 2.05) is 0 Å². The smallest absolute Gasteiger partial charge is 0.0808 e. The predicted molar refractivity (Wildman–Crippen MR) is 161 cm³/mol. The molecule has 1 atom stereocenters. The van der Waals surface area contributed by atoms with Crippen LogP contribution in [0, 0.1) is 0 Å². The molecule has 0 aromatic heterocycles. The summed E-state index contributed by atoms with van der Waals surface area (Å²) in [6, 6.07) is 0. The van der Waals surface area contributed by atoms with Gasteiger partial charge in [-0.2, -0.15) is 0 Å². The largest absolute Gasteiger partial charge is 1.00 e. The van der Waals surface area contributed by atoms with Gasteiger partial charge in [-0.25, -0.2) is 0 Å². The average molecular weight is 548 g/mol. The van der Waals surface area contributed by atoms with E-state index in [9.17, 15) is 0 Å². The Balaban J connectivity index is 0. The summed E-state index contributed by atoms with van der Waals surface area (Å²) in [6.07, 6.45) is 31.4. The van der Waals surface area contributed by atoms with Crippen LogP contribution in [0.1, 0.15) is 162 Å². The van der Waals surface area contributed by atoms with Crippen molar-refractivity contribution in [2.45, 2.75) is 168 Å². The van der Waals surface area contributed by atoms with E-state index < -0.39 is 0 Å². The van der Waals surface area contributed by atoms with Crippen LogP contribution in [-0.2, 0) is 9.47 Å². The van der Waals surface area contributed by atoms with Crippen molar-refractivity contribution >= 4 is 0 Å². The molecule has 0 rings (SSSR count). The van der Waals surface area contributed by atoms with Crippen molar-refractivity contribution in [2.75, 3.05) is 47.5 Å². The van der Waals surface area contributed by atoms with Crippen molar-refractivity contribution in [1.82, 2.24) is 0 Å². The molecule has 0 radical (unpaired) electrons. The van der Waals surface area contributed by atoms with Gasteiger partial charge in [-0.1, -0.05) is 129 Å². The topological polar surface area (TPSA) is 18.5 Å². The molecule has 0 aromatic carbocycles. The molecule has 0 bridgehead atoms. The number of rotatable bonds is 30. The van der Waals surface area contributed by atoms with E-state index in [1.54, 1.807) is 0 Å². The highest BCUT2D eigenvalue weighted by Gasteiger charge is 2.10. The summed E-state index contributed by atoms with van der Waals surface area (Å²) in [5.41, 5.74) is 0. The van der Waals surface area contributed by atoms with Gasteiger partial charge in [-0.15, -0.1) is 0 Å². The number of nitrogens with zero attached hydrogens (tertiary/aromatic N) is 1. The van der Waals surface area contributed by atoms with E-state index in [4.69, 9.17) is 9.47 Å². The minimum atomic E-state index is 0. The second-order valence-corrected chi connectivity index (χ2v) is 12.4. The fourth-order valence-corrected chi connectivity index (χ4v) is 4.92. The molecule has 0 fully saturated rings. The minimum absolute atomic E-state index is 0. The van der Waals surface area contributed by atoms with Crippen molar-refractivity contribution in [1.29, 1.82) is 0 Å². The summed E-state index contributed by atoms with van der Waals surface area (Å²) in [7, 11) is 6.89. The first kappa shape index (κ1) is 39.3. The zero-order valence-electron chi connectivity index (χ0n) is 26.3. The molecule has 0 spiro atoms. The lowest BCUT2D eigenvalue weighted by atomic mass is 10.1. The molecular formula is C33H70ClNO2. The number of unbranched alkanes of at least 4 members (excludes halogenated alkanes) is 19. The summed E-state index contributed by atoms with van der Waals surface area (Å²) >= 11 is 0. The Morgan fingerprint density at radius 2 is 0.892 bits per heavy atom. The maximum Gasteiger partial charge on any atom is 0.0808 e. The van der Waals surface area contributed by atoms with Gasteiger partial charge in [0.25, 0.3) is 0 Å². The number of halogens is 1. The number of hydrogen-bond donors (Lipinski definition) is 0.